The molecule has 0 radical (unpaired) electrons. The summed E-state index contributed by atoms with van der Waals surface area (Å²) in [5.41, 5.74) is 3.05. The van der Waals surface area contributed by atoms with E-state index in [1.54, 1.807) is 12.4 Å². The van der Waals surface area contributed by atoms with Crippen molar-refractivity contribution in [2.24, 2.45) is 0 Å². The van der Waals surface area contributed by atoms with Crippen molar-refractivity contribution in [2.45, 2.75) is 0 Å². The molecule has 1 N–H and O–H groups in total. The molecule has 0 fully saturated rings. The van der Waals surface area contributed by atoms with E-state index in [4.69, 9.17) is 0 Å². The standard InChI is InChI=1S/C14H13BN4/c1-16-14-11-7-10(15)4-5-12(11)18-13(19-14)9-3-2-6-17-8-9/h2-8H,15H2,1H3,(H,16,18,19). The molecule has 92 valence electrons. The van der Waals surface area contributed by atoms with Crippen molar-refractivity contribution in [1.82, 2.24) is 15.0 Å². The fraction of sp³-hybridized carbons (Fsp3) is 0.0714. The van der Waals surface area contributed by atoms with E-state index in [-0.39, 0.29) is 0 Å². The highest BCUT2D eigenvalue weighted by atomic mass is 15.0. The average Bonchev–Trinajstić information content (AvgIpc) is 2.47. The van der Waals surface area contributed by atoms with Gasteiger partial charge in [-0.15, -0.1) is 0 Å². The van der Waals surface area contributed by atoms with Crippen molar-refractivity contribution in [3.05, 3.63) is 42.7 Å². The Bertz CT molecular complexity index is 728. The minimum atomic E-state index is 0.689. The van der Waals surface area contributed by atoms with Crippen LogP contribution in [0.25, 0.3) is 22.3 Å². The summed E-state index contributed by atoms with van der Waals surface area (Å²) in [4.78, 5) is 13.3. The highest BCUT2D eigenvalue weighted by Gasteiger charge is 2.08. The van der Waals surface area contributed by atoms with E-state index in [1.807, 2.05) is 25.2 Å². The lowest BCUT2D eigenvalue weighted by atomic mass is 9.95. The Morgan fingerprint density at radius 1 is 1.16 bits per heavy atom. The molecule has 0 unspecified atom stereocenters. The van der Waals surface area contributed by atoms with Gasteiger partial charge < -0.3 is 5.32 Å². The number of hydrogen-bond acceptors (Lipinski definition) is 4. The van der Waals surface area contributed by atoms with Gasteiger partial charge in [0, 0.05) is 30.4 Å². The molecule has 2 heterocycles. The van der Waals surface area contributed by atoms with Crippen molar-refractivity contribution in [3.8, 4) is 11.4 Å². The zero-order valence-electron chi connectivity index (χ0n) is 10.9. The summed E-state index contributed by atoms with van der Waals surface area (Å²) in [7, 11) is 3.94. The molecule has 0 amide bonds. The number of benzene rings is 1. The molecular weight excluding hydrogens is 235 g/mol. The summed E-state index contributed by atoms with van der Waals surface area (Å²) in [5.74, 6) is 1.53. The van der Waals surface area contributed by atoms with E-state index in [2.05, 4.69) is 40.2 Å². The minimum Gasteiger partial charge on any atom is -0.373 e. The van der Waals surface area contributed by atoms with Gasteiger partial charge in [-0.1, -0.05) is 17.6 Å². The van der Waals surface area contributed by atoms with E-state index in [9.17, 15) is 0 Å². The largest absolute Gasteiger partial charge is 0.373 e. The molecule has 4 nitrogen and oxygen atoms in total. The molecule has 2 aromatic heterocycles. The van der Waals surface area contributed by atoms with Crippen LogP contribution in [0.4, 0.5) is 5.82 Å². The fourth-order valence-corrected chi connectivity index (χ4v) is 2.06. The van der Waals surface area contributed by atoms with Gasteiger partial charge in [0.25, 0.3) is 0 Å². The number of fused-ring (bicyclic) bond motifs is 1. The van der Waals surface area contributed by atoms with Crippen LogP contribution in [0.1, 0.15) is 0 Å². The molecule has 3 rings (SSSR count). The van der Waals surface area contributed by atoms with E-state index >= 15 is 0 Å². The third-order valence-corrected chi connectivity index (χ3v) is 3.01. The second-order valence-corrected chi connectivity index (χ2v) is 4.41. The van der Waals surface area contributed by atoms with Crippen molar-refractivity contribution < 1.29 is 0 Å². The van der Waals surface area contributed by atoms with Crippen LogP contribution in [0.5, 0.6) is 0 Å². The molecule has 0 saturated heterocycles. The number of hydrogen-bond donors (Lipinski definition) is 1. The van der Waals surface area contributed by atoms with Gasteiger partial charge in [0.1, 0.15) is 13.7 Å². The molecule has 5 heteroatoms. The Labute approximate surface area is 112 Å². The Balaban J connectivity index is 2.26. The molecule has 19 heavy (non-hydrogen) atoms. The predicted octanol–water partition coefficient (Wildman–Crippen LogP) is 0.992. The van der Waals surface area contributed by atoms with Crippen LogP contribution in [0, 0.1) is 0 Å². The third kappa shape index (κ3) is 2.15. The van der Waals surface area contributed by atoms with Gasteiger partial charge in [-0.25, -0.2) is 9.97 Å². The zero-order valence-corrected chi connectivity index (χ0v) is 10.9. The van der Waals surface area contributed by atoms with Gasteiger partial charge in [0.05, 0.1) is 5.52 Å². The summed E-state index contributed by atoms with van der Waals surface area (Å²) in [6.45, 7) is 0. The number of nitrogens with zero attached hydrogens (tertiary/aromatic N) is 3. The van der Waals surface area contributed by atoms with E-state index in [1.165, 1.54) is 5.46 Å². The minimum absolute atomic E-state index is 0.689. The van der Waals surface area contributed by atoms with Crippen molar-refractivity contribution in [2.75, 3.05) is 12.4 Å². The molecule has 1 aromatic carbocycles. The van der Waals surface area contributed by atoms with Crippen LogP contribution >= 0.6 is 0 Å². The van der Waals surface area contributed by atoms with Gasteiger partial charge in [0.2, 0.25) is 0 Å². The average molecular weight is 248 g/mol. The number of rotatable bonds is 2. The first kappa shape index (κ1) is 11.7. The third-order valence-electron chi connectivity index (χ3n) is 3.01. The second-order valence-electron chi connectivity index (χ2n) is 4.41. The summed E-state index contributed by atoms with van der Waals surface area (Å²) < 4.78 is 0. The molecule has 0 aliphatic heterocycles. The van der Waals surface area contributed by atoms with Crippen molar-refractivity contribution >= 4 is 30.0 Å². The van der Waals surface area contributed by atoms with Crippen LogP contribution in [0.3, 0.4) is 0 Å². The Morgan fingerprint density at radius 3 is 2.79 bits per heavy atom. The summed E-state index contributed by atoms with van der Waals surface area (Å²) in [5, 5.41) is 4.17. The van der Waals surface area contributed by atoms with Gasteiger partial charge in [-0.3, -0.25) is 4.98 Å². The quantitative estimate of drug-likeness (QED) is 0.687. The maximum atomic E-state index is 4.60. The Kier molecular flexibility index (Phi) is 2.87. The normalized spacial score (nSPS) is 10.6. The first-order valence-electron chi connectivity index (χ1n) is 6.14. The zero-order chi connectivity index (χ0) is 13.2. The highest BCUT2D eigenvalue weighted by molar-refractivity contribution is 6.33. The maximum Gasteiger partial charge on any atom is 0.163 e. The summed E-state index contributed by atoms with van der Waals surface area (Å²) in [6.07, 6.45) is 3.52. The smallest absolute Gasteiger partial charge is 0.163 e. The lowest BCUT2D eigenvalue weighted by molar-refractivity contribution is 1.20. The SMILES string of the molecule is Bc1ccc2nc(-c3cccnc3)nc(NC)c2c1. The van der Waals surface area contributed by atoms with E-state index in [0.717, 1.165) is 22.3 Å². The van der Waals surface area contributed by atoms with Crippen molar-refractivity contribution in [3.63, 3.8) is 0 Å². The fourth-order valence-electron chi connectivity index (χ4n) is 2.06. The van der Waals surface area contributed by atoms with Crippen LogP contribution < -0.4 is 10.8 Å². The molecule has 0 aliphatic carbocycles. The predicted molar refractivity (Wildman–Crippen MR) is 80.5 cm³/mol. The molecule has 0 spiro atoms. The topological polar surface area (TPSA) is 50.7 Å². The van der Waals surface area contributed by atoms with Gasteiger partial charge in [-0.05, 0) is 18.2 Å². The number of aromatic nitrogens is 3. The van der Waals surface area contributed by atoms with Crippen LogP contribution in [-0.4, -0.2) is 29.8 Å². The Morgan fingerprint density at radius 2 is 2.05 bits per heavy atom. The van der Waals surface area contributed by atoms with Crippen molar-refractivity contribution in [1.29, 1.82) is 0 Å². The number of pyridine rings is 1. The van der Waals surface area contributed by atoms with Crippen LogP contribution in [0.15, 0.2) is 42.7 Å². The molecular formula is C14H13BN4. The first-order chi connectivity index (χ1) is 9.28. The maximum absolute atomic E-state index is 4.60. The second kappa shape index (κ2) is 4.68. The summed E-state index contributed by atoms with van der Waals surface area (Å²) >= 11 is 0. The summed E-state index contributed by atoms with van der Waals surface area (Å²) in [6, 6.07) is 10.0. The Hall–Kier alpha value is -2.43. The monoisotopic (exact) mass is 248 g/mol. The molecule has 0 aliphatic rings. The highest BCUT2D eigenvalue weighted by Crippen LogP contribution is 2.23. The van der Waals surface area contributed by atoms with Gasteiger partial charge in [0.15, 0.2) is 5.82 Å². The lowest BCUT2D eigenvalue weighted by Gasteiger charge is -2.08. The number of nitrogens with one attached hydrogen (secondary N) is 1. The molecule has 3 aromatic rings. The van der Waals surface area contributed by atoms with Gasteiger partial charge in [-0.2, -0.15) is 0 Å². The van der Waals surface area contributed by atoms with Gasteiger partial charge >= 0.3 is 0 Å². The first-order valence-corrected chi connectivity index (χ1v) is 6.14. The molecule has 0 atom stereocenters. The molecule has 0 bridgehead atoms. The van der Waals surface area contributed by atoms with E-state index in [0.29, 0.717) is 5.82 Å². The number of anilines is 1. The lowest BCUT2D eigenvalue weighted by Crippen LogP contribution is -2.04. The van der Waals surface area contributed by atoms with Crippen LogP contribution in [0.2, 0.25) is 0 Å². The van der Waals surface area contributed by atoms with E-state index < -0.39 is 0 Å². The van der Waals surface area contributed by atoms with Crippen LogP contribution in [-0.2, 0) is 0 Å². The molecule has 0 saturated carbocycles.